The van der Waals surface area contributed by atoms with E-state index in [0.29, 0.717) is 6.01 Å². The molecule has 0 aliphatic heterocycles. The van der Waals surface area contributed by atoms with E-state index in [2.05, 4.69) is 9.40 Å². The van der Waals surface area contributed by atoms with Crippen LogP contribution in [0.4, 0.5) is 6.01 Å². The molecule has 0 aliphatic carbocycles. The maximum atomic E-state index is 5.06. The summed E-state index contributed by atoms with van der Waals surface area (Å²) in [5.74, 6) is 0. The van der Waals surface area contributed by atoms with Gasteiger partial charge in [-0.25, -0.2) is 4.98 Å². The second-order valence-electron chi connectivity index (χ2n) is 0.929. The molecule has 0 spiro atoms. The van der Waals surface area contributed by atoms with E-state index >= 15 is 0 Å². The Morgan fingerprint density at radius 1 is 1.83 bits per heavy atom. The van der Waals surface area contributed by atoms with Gasteiger partial charge in [0.2, 0.25) is 0 Å². The Hall–Kier alpha value is -0.990. The van der Waals surface area contributed by atoms with Crippen LogP contribution in [0, 0.1) is 0 Å². The fourth-order valence-electron chi connectivity index (χ4n) is 0.257. The van der Waals surface area contributed by atoms with Crippen LogP contribution in [0.5, 0.6) is 0 Å². The van der Waals surface area contributed by atoms with Crippen molar-refractivity contribution in [1.82, 2.24) is 0 Å². The monoisotopic (exact) mass is 85.0 g/mol. The van der Waals surface area contributed by atoms with Crippen LogP contribution in [0.2, 0.25) is 0 Å². The van der Waals surface area contributed by atoms with Crippen LogP contribution < -0.4 is 10.7 Å². The number of oxazole rings is 1. The summed E-state index contributed by atoms with van der Waals surface area (Å²) in [5, 5.41) is 0. The Bertz CT molecular complexity index is 112. The average molecular weight is 85.1 g/mol. The molecule has 3 nitrogen and oxygen atoms in total. The zero-order valence-corrected chi connectivity index (χ0v) is 3.14. The van der Waals surface area contributed by atoms with Crippen molar-refractivity contribution < 1.29 is 9.40 Å². The first kappa shape index (κ1) is 3.21. The number of H-pyrrole nitrogens is 1. The molecule has 32 valence electrons. The minimum Gasteiger partial charge on any atom is -0.396 e. The molecule has 0 saturated heterocycles. The zero-order chi connectivity index (χ0) is 4.41. The summed E-state index contributed by atoms with van der Waals surface area (Å²) in [5.41, 5.74) is 5.06. The first-order chi connectivity index (χ1) is 2.89. The van der Waals surface area contributed by atoms with Gasteiger partial charge in [-0.15, -0.1) is 0 Å². The molecule has 0 atom stereocenters. The molecule has 1 aromatic rings. The van der Waals surface area contributed by atoms with Crippen molar-refractivity contribution in [2.24, 2.45) is 0 Å². The molecule has 3 N–H and O–H groups in total. The van der Waals surface area contributed by atoms with Crippen LogP contribution in [0.1, 0.15) is 0 Å². The van der Waals surface area contributed by atoms with Crippen molar-refractivity contribution in [3.63, 3.8) is 0 Å². The van der Waals surface area contributed by atoms with E-state index in [0.717, 1.165) is 0 Å². The maximum absolute atomic E-state index is 5.06. The number of anilines is 1. The fraction of sp³-hybridized carbons (Fsp3) is 0. The van der Waals surface area contributed by atoms with Gasteiger partial charge in [-0.05, 0) is 0 Å². The van der Waals surface area contributed by atoms with E-state index in [1.807, 2.05) is 0 Å². The predicted octanol–water partition coefficient (Wildman–Crippen LogP) is -0.324. The summed E-state index contributed by atoms with van der Waals surface area (Å²) >= 11 is 0. The SMILES string of the molecule is Nc1[nH+]cco1. The van der Waals surface area contributed by atoms with Crippen molar-refractivity contribution in [3.8, 4) is 0 Å². The Morgan fingerprint density at radius 2 is 2.67 bits per heavy atom. The van der Waals surface area contributed by atoms with E-state index in [-0.39, 0.29) is 0 Å². The number of aromatic nitrogens is 1. The summed E-state index contributed by atoms with van der Waals surface area (Å²) in [4.78, 5) is 2.61. The van der Waals surface area contributed by atoms with E-state index in [4.69, 9.17) is 5.73 Å². The second kappa shape index (κ2) is 1.01. The normalized spacial score (nSPS) is 8.67. The van der Waals surface area contributed by atoms with Crippen molar-refractivity contribution >= 4 is 6.01 Å². The quantitative estimate of drug-likeness (QED) is 0.469. The third-order valence-corrected chi connectivity index (χ3v) is 0.489. The lowest BCUT2D eigenvalue weighted by atomic mass is 11.0. The molecule has 0 radical (unpaired) electrons. The molecule has 0 unspecified atom stereocenters. The number of nitrogens with one attached hydrogen (secondary N) is 1. The van der Waals surface area contributed by atoms with Crippen LogP contribution in [0.15, 0.2) is 16.9 Å². The van der Waals surface area contributed by atoms with Gasteiger partial charge in [-0.2, -0.15) is 0 Å². The number of nitrogens with two attached hydrogens (primary N) is 1. The lowest BCUT2D eigenvalue weighted by molar-refractivity contribution is -0.363. The number of hydrogen-bond acceptors (Lipinski definition) is 2. The van der Waals surface area contributed by atoms with E-state index in [1.165, 1.54) is 6.26 Å². The predicted molar refractivity (Wildman–Crippen MR) is 19.7 cm³/mol. The summed E-state index contributed by atoms with van der Waals surface area (Å²) in [6.45, 7) is 0. The minimum absolute atomic E-state index is 0.343. The van der Waals surface area contributed by atoms with E-state index in [1.54, 1.807) is 6.20 Å². The van der Waals surface area contributed by atoms with Gasteiger partial charge >= 0.3 is 6.01 Å². The van der Waals surface area contributed by atoms with Gasteiger partial charge in [0.05, 0.1) is 0 Å². The van der Waals surface area contributed by atoms with E-state index in [9.17, 15) is 0 Å². The highest BCUT2D eigenvalue weighted by atomic mass is 16.3. The molecule has 0 saturated carbocycles. The topological polar surface area (TPSA) is 53.3 Å². The molecule has 1 aromatic heterocycles. The van der Waals surface area contributed by atoms with Gasteiger partial charge in [-0.3, -0.25) is 5.73 Å². The van der Waals surface area contributed by atoms with Gasteiger partial charge in [0.15, 0.2) is 0 Å². The van der Waals surface area contributed by atoms with Crippen LogP contribution in [-0.4, -0.2) is 0 Å². The largest absolute Gasteiger partial charge is 0.449 e. The van der Waals surface area contributed by atoms with Crippen LogP contribution in [0.3, 0.4) is 0 Å². The van der Waals surface area contributed by atoms with E-state index < -0.39 is 0 Å². The lowest BCUT2D eigenvalue weighted by Crippen LogP contribution is -2.01. The average Bonchev–Trinajstić information content (AvgIpc) is 1.86. The molecule has 3 heteroatoms. The Morgan fingerprint density at radius 3 is 2.83 bits per heavy atom. The molecule has 0 fully saturated rings. The van der Waals surface area contributed by atoms with Crippen molar-refractivity contribution in [2.45, 2.75) is 0 Å². The third-order valence-electron chi connectivity index (χ3n) is 0.489. The number of hydrogen-bond donors (Lipinski definition) is 1. The van der Waals surface area contributed by atoms with Crippen molar-refractivity contribution in [1.29, 1.82) is 0 Å². The third kappa shape index (κ3) is 0.337. The van der Waals surface area contributed by atoms with Crippen LogP contribution in [-0.2, 0) is 0 Å². The first-order valence-corrected chi connectivity index (χ1v) is 1.60. The summed E-state index contributed by atoms with van der Waals surface area (Å²) in [6.07, 6.45) is 3.10. The number of nitrogen functional groups attached to an aromatic ring is 1. The number of aromatic amines is 1. The smallest absolute Gasteiger partial charge is 0.396 e. The number of rotatable bonds is 0. The highest BCUT2D eigenvalue weighted by Gasteiger charge is 1.86. The van der Waals surface area contributed by atoms with Gasteiger partial charge < -0.3 is 4.42 Å². The van der Waals surface area contributed by atoms with Crippen LogP contribution in [0.25, 0.3) is 0 Å². The van der Waals surface area contributed by atoms with Gasteiger partial charge in [0.1, 0.15) is 12.5 Å². The molecule has 6 heavy (non-hydrogen) atoms. The minimum atomic E-state index is 0.343. The standard InChI is InChI=1S/C3H4N2O/c4-3-5-1-2-6-3/h1-2H,(H2,4,5)/p+1. The summed E-state index contributed by atoms with van der Waals surface area (Å²) < 4.78 is 4.56. The Kier molecular flexibility index (Phi) is 0.538. The molecule has 1 heterocycles. The van der Waals surface area contributed by atoms with Gasteiger partial charge in [0.25, 0.3) is 0 Å². The molecular formula is C3H5N2O+. The van der Waals surface area contributed by atoms with Gasteiger partial charge in [0, 0.05) is 0 Å². The molecule has 1 rings (SSSR count). The van der Waals surface area contributed by atoms with Gasteiger partial charge in [-0.1, -0.05) is 0 Å². The molecule has 0 amide bonds. The summed E-state index contributed by atoms with van der Waals surface area (Å²) in [7, 11) is 0. The van der Waals surface area contributed by atoms with Crippen molar-refractivity contribution in [3.05, 3.63) is 12.5 Å². The van der Waals surface area contributed by atoms with Crippen molar-refractivity contribution in [2.75, 3.05) is 5.73 Å². The Balaban J connectivity index is 3.05. The fourth-order valence-corrected chi connectivity index (χ4v) is 0.257. The van der Waals surface area contributed by atoms with Crippen LogP contribution >= 0.6 is 0 Å². The maximum Gasteiger partial charge on any atom is 0.449 e. The summed E-state index contributed by atoms with van der Waals surface area (Å²) in [6, 6.07) is 0.343. The molecular weight excluding hydrogens is 80.0 g/mol. The molecule has 0 aromatic carbocycles. The lowest BCUT2D eigenvalue weighted by Gasteiger charge is -1.60. The Labute approximate surface area is 34.8 Å². The second-order valence-corrected chi connectivity index (χ2v) is 0.929. The zero-order valence-electron chi connectivity index (χ0n) is 3.14. The highest BCUT2D eigenvalue weighted by Crippen LogP contribution is 1.83. The molecule has 0 bridgehead atoms. The highest BCUT2D eigenvalue weighted by molar-refractivity contribution is 4.93. The molecule has 0 aliphatic rings. The first-order valence-electron chi connectivity index (χ1n) is 1.60.